The summed E-state index contributed by atoms with van der Waals surface area (Å²) in [6.07, 6.45) is 6.96. The topological polar surface area (TPSA) is 18.5 Å². The molecular weight excluding hydrogens is 531 g/mol. The van der Waals surface area contributed by atoms with Crippen molar-refractivity contribution in [2.24, 2.45) is 0 Å². The number of aryl methyl sites for hydroxylation is 1. The molecule has 1 aromatic rings. The molecule has 2 nitrogen and oxygen atoms in total. The number of alkyl halides is 2. The number of halogens is 2. The van der Waals surface area contributed by atoms with Crippen molar-refractivity contribution in [1.82, 2.24) is 0 Å². The Morgan fingerprint density at radius 3 is 1.49 bits per heavy atom. The van der Waals surface area contributed by atoms with Crippen LogP contribution in [-0.2, 0) is 10.8 Å². The summed E-state index contributed by atoms with van der Waals surface area (Å²) in [6.45, 7) is 27.8. The molecule has 0 amide bonds. The number of benzene rings is 1. The molecule has 0 spiro atoms. The molecule has 0 N–H and O–H groups in total. The van der Waals surface area contributed by atoms with Crippen LogP contribution >= 0.6 is 23.2 Å². The van der Waals surface area contributed by atoms with Gasteiger partial charge in [0, 0.05) is 6.42 Å². The maximum Gasteiger partial charge on any atom is 0.258 e. The van der Waals surface area contributed by atoms with E-state index in [1.807, 2.05) is 0 Å². The monoisotopic (exact) mass is 584 g/mol. The Morgan fingerprint density at radius 1 is 0.730 bits per heavy atom. The average Bonchev–Trinajstić information content (AvgIpc) is 3.32. The summed E-state index contributed by atoms with van der Waals surface area (Å²) in [4.78, 5) is 0. The highest BCUT2D eigenvalue weighted by molar-refractivity contribution is 6.78. The number of allylic oxidation sites excluding steroid dienone is 1. The van der Waals surface area contributed by atoms with Gasteiger partial charge in [-0.25, -0.2) is 0 Å². The molecule has 0 aromatic heterocycles. The summed E-state index contributed by atoms with van der Waals surface area (Å²) in [6, 6.07) is 8.76. The predicted octanol–water partition coefficient (Wildman–Crippen LogP) is 11.2. The highest BCUT2D eigenvalue weighted by Crippen LogP contribution is 2.63. The fraction of sp³-hybridized carbons (Fsp3) is 0.742. The maximum atomic E-state index is 7.08. The van der Waals surface area contributed by atoms with E-state index in [4.69, 9.17) is 32.1 Å². The van der Waals surface area contributed by atoms with E-state index in [1.165, 1.54) is 5.56 Å². The minimum Gasteiger partial charge on any atom is -0.543 e. The van der Waals surface area contributed by atoms with E-state index >= 15 is 0 Å². The van der Waals surface area contributed by atoms with Crippen molar-refractivity contribution in [3.8, 4) is 5.75 Å². The number of hydrogen-bond donors (Lipinski definition) is 0. The van der Waals surface area contributed by atoms with E-state index in [0.717, 1.165) is 18.6 Å². The zero-order valence-corrected chi connectivity index (χ0v) is 29.1. The first-order valence-electron chi connectivity index (χ1n) is 14.5. The normalized spacial score (nSPS) is 20.4. The molecule has 0 bridgehead atoms. The minimum atomic E-state index is -2.09. The molecule has 1 aliphatic carbocycles. The number of rotatable bonds is 14. The largest absolute Gasteiger partial charge is 0.543 e. The van der Waals surface area contributed by atoms with Gasteiger partial charge in [-0.05, 0) is 63.8 Å². The van der Waals surface area contributed by atoms with Crippen LogP contribution in [0.2, 0.25) is 33.2 Å². The van der Waals surface area contributed by atoms with Gasteiger partial charge in [0.05, 0.1) is 0 Å². The fourth-order valence-electron chi connectivity index (χ4n) is 7.09. The average molecular weight is 586 g/mol. The van der Waals surface area contributed by atoms with Gasteiger partial charge in [-0.15, -0.1) is 0 Å². The lowest BCUT2D eigenvalue weighted by atomic mass is 10.1. The Labute approximate surface area is 241 Å². The second-order valence-electron chi connectivity index (χ2n) is 13.2. The van der Waals surface area contributed by atoms with Crippen molar-refractivity contribution in [2.75, 3.05) is 0 Å². The van der Waals surface area contributed by atoms with E-state index in [0.29, 0.717) is 39.7 Å². The van der Waals surface area contributed by atoms with Gasteiger partial charge in [0.25, 0.3) is 8.32 Å². The standard InChI is InChI=1S/C31H54Cl2O2Si2/c1-22(2)36(23(3)4,24(5)6)34-29-18-16-28(17-19-29)15-13-14-20-30(21-31(30,32)33)35-37(25(7)8,26(9)10)27(11)12/h14,16-20,22-27H,13,15,21H2,1-12H3/b20-14+. The molecular formula is C31H54Cl2O2Si2. The van der Waals surface area contributed by atoms with E-state index in [9.17, 15) is 0 Å². The molecule has 1 fully saturated rings. The minimum absolute atomic E-state index is 0.493. The molecule has 6 heteroatoms. The summed E-state index contributed by atoms with van der Waals surface area (Å²) >= 11 is 13.4. The highest BCUT2D eigenvalue weighted by atomic mass is 35.5. The summed E-state index contributed by atoms with van der Waals surface area (Å²) in [7, 11) is -4.03. The third-order valence-electron chi connectivity index (χ3n) is 8.96. The van der Waals surface area contributed by atoms with E-state index in [1.54, 1.807) is 0 Å². The van der Waals surface area contributed by atoms with Gasteiger partial charge in [0.2, 0.25) is 8.32 Å². The first-order chi connectivity index (χ1) is 17.0. The maximum absolute atomic E-state index is 7.08. The van der Waals surface area contributed by atoms with Crippen LogP contribution in [0.3, 0.4) is 0 Å². The van der Waals surface area contributed by atoms with Crippen LogP contribution in [0.1, 0.15) is 101 Å². The first-order valence-corrected chi connectivity index (χ1v) is 19.6. The van der Waals surface area contributed by atoms with Gasteiger partial charge in [-0.1, -0.05) is 131 Å². The van der Waals surface area contributed by atoms with Crippen LogP contribution in [0.4, 0.5) is 0 Å². The van der Waals surface area contributed by atoms with Crippen LogP contribution in [-0.4, -0.2) is 26.6 Å². The first kappa shape index (κ1) is 32.9. The summed E-state index contributed by atoms with van der Waals surface area (Å²) in [5.41, 5.74) is 3.92. The molecule has 1 unspecified atom stereocenters. The highest BCUT2D eigenvalue weighted by Gasteiger charge is 2.69. The summed E-state index contributed by atoms with van der Waals surface area (Å²) in [5.74, 6) is 1.01. The Hall–Kier alpha value is -0.266. The third kappa shape index (κ3) is 6.73. The lowest BCUT2D eigenvalue weighted by molar-refractivity contribution is 0.194. The summed E-state index contributed by atoms with van der Waals surface area (Å²) < 4.78 is 13.1. The Balaban J connectivity index is 2.11. The molecule has 0 saturated heterocycles. The molecule has 1 atom stereocenters. The van der Waals surface area contributed by atoms with Gasteiger partial charge in [-0.3, -0.25) is 0 Å². The van der Waals surface area contributed by atoms with Crippen LogP contribution in [0.15, 0.2) is 36.4 Å². The molecule has 212 valence electrons. The molecule has 1 saturated carbocycles. The molecule has 37 heavy (non-hydrogen) atoms. The second kappa shape index (κ2) is 12.5. The SMILES string of the molecule is CC(C)[Si](Oc1ccc(CC/C=C/C2(O[Si](C(C)C)(C(C)C)C(C)C)CC2(Cl)Cl)cc1)(C(C)C)C(C)C. The number of hydrogen-bond acceptors (Lipinski definition) is 2. The molecule has 1 aromatic carbocycles. The second-order valence-corrected chi connectivity index (χ2v) is 25.4. The van der Waals surface area contributed by atoms with E-state index in [-0.39, 0.29) is 0 Å². The molecule has 2 rings (SSSR count). The van der Waals surface area contributed by atoms with Gasteiger partial charge in [-0.2, -0.15) is 0 Å². The van der Waals surface area contributed by atoms with Crippen LogP contribution in [0.5, 0.6) is 5.75 Å². The molecule has 1 aliphatic rings. The van der Waals surface area contributed by atoms with Crippen molar-refractivity contribution in [1.29, 1.82) is 0 Å². The van der Waals surface area contributed by atoms with Crippen molar-refractivity contribution in [3.63, 3.8) is 0 Å². The van der Waals surface area contributed by atoms with Crippen LogP contribution in [0, 0.1) is 0 Å². The van der Waals surface area contributed by atoms with E-state index in [2.05, 4.69) is 120 Å². The quantitative estimate of drug-likeness (QED) is 0.123. The van der Waals surface area contributed by atoms with Crippen molar-refractivity contribution in [3.05, 3.63) is 42.0 Å². The fourth-order valence-corrected chi connectivity index (χ4v) is 18.7. The van der Waals surface area contributed by atoms with Crippen LogP contribution < -0.4 is 4.43 Å². The lowest BCUT2D eigenvalue weighted by Crippen LogP contribution is -2.51. The third-order valence-corrected chi connectivity index (χ3v) is 22.0. The van der Waals surface area contributed by atoms with Crippen LogP contribution in [0.25, 0.3) is 0 Å². The van der Waals surface area contributed by atoms with Crippen molar-refractivity contribution < 1.29 is 8.85 Å². The summed E-state index contributed by atoms with van der Waals surface area (Å²) in [5, 5.41) is 0. The zero-order chi connectivity index (χ0) is 28.4. The molecule has 0 radical (unpaired) electrons. The van der Waals surface area contributed by atoms with Gasteiger partial charge < -0.3 is 8.85 Å². The van der Waals surface area contributed by atoms with E-state index < -0.39 is 26.6 Å². The predicted molar refractivity (Wildman–Crippen MR) is 169 cm³/mol. The van der Waals surface area contributed by atoms with Gasteiger partial charge >= 0.3 is 0 Å². The van der Waals surface area contributed by atoms with Crippen molar-refractivity contribution >= 4 is 39.8 Å². The zero-order valence-electron chi connectivity index (χ0n) is 25.6. The van der Waals surface area contributed by atoms with Crippen molar-refractivity contribution in [2.45, 2.75) is 146 Å². The lowest BCUT2D eigenvalue weighted by Gasteiger charge is -2.44. The smallest absolute Gasteiger partial charge is 0.258 e. The Bertz CT molecular complexity index is 847. The molecule has 0 heterocycles. The Kier molecular flexibility index (Phi) is 11.1. The van der Waals surface area contributed by atoms with Gasteiger partial charge in [0.1, 0.15) is 11.4 Å². The molecule has 0 aliphatic heterocycles. The van der Waals surface area contributed by atoms with Gasteiger partial charge in [0.15, 0.2) is 4.33 Å². The Morgan fingerprint density at radius 2 is 1.14 bits per heavy atom.